The molecule has 0 saturated heterocycles. The van der Waals surface area contributed by atoms with Gasteiger partial charge in [-0.15, -0.1) is 11.8 Å². The maximum atomic E-state index is 13.0. The van der Waals surface area contributed by atoms with Crippen LogP contribution >= 0.6 is 11.8 Å². The summed E-state index contributed by atoms with van der Waals surface area (Å²) in [5.41, 5.74) is 2.69. The Morgan fingerprint density at radius 1 is 1.14 bits per heavy atom. The third kappa shape index (κ3) is 4.38. The van der Waals surface area contributed by atoms with Crippen LogP contribution in [0.4, 0.5) is 11.4 Å². The zero-order chi connectivity index (χ0) is 20.2. The number of thioether (sulfide) groups is 1. The molecule has 0 fully saturated rings. The van der Waals surface area contributed by atoms with Crippen molar-refractivity contribution in [3.63, 3.8) is 0 Å². The molecule has 0 spiro atoms. The van der Waals surface area contributed by atoms with Gasteiger partial charge in [0.2, 0.25) is 11.8 Å². The molecule has 1 aromatic heterocycles. The van der Waals surface area contributed by atoms with Gasteiger partial charge in [0, 0.05) is 17.0 Å². The normalized spacial score (nSPS) is 16.2. The quantitative estimate of drug-likeness (QED) is 0.644. The van der Waals surface area contributed by atoms with Crippen LogP contribution in [0.1, 0.15) is 29.9 Å². The molecule has 1 N–H and O–H groups in total. The summed E-state index contributed by atoms with van der Waals surface area (Å²) in [7, 11) is 0. The number of rotatable bonds is 5. The van der Waals surface area contributed by atoms with Gasteiger partial charge in [-0.25, -0.2) is 0 Å². The molecular formula is C23H22N2O3S. The minimum Gasteiger partial charge on any atom is -0.468 e. The molecule has 29 heavy (non-hydrogen) atoms. The average Bonchev–Trinajstić information content (AvgIpc) is 3.23. The molecule has 0 bridgehead atoms. The van der Waals surface area contributed by atoms with Crippen LogP contribution in [-0.4, -0.2) is 18.4 Å². The van der Waals surface area contributed by atoms with E-state index < -0.39 is 0 Å². The lowest BCUT2D eigenvalue weighted by molar-refractivity contribution is -0.121. The number of aryl methyl sites for hydroxylation is 1. The molecule has 3 aromatic rings. The van der Waals surface area contributed by atoms with Gasteiger partial charge < -0.3 is 14.6 Å². The second-order valence-corrected chi connectivity index (χ2v) is 8.12. The second kappa shape index (κ2) is 8.57. The fraction of sp³-hybridized carbons (Fsp3) is 0.217. The number of hydrogen-bond acceptors (Lipinski definition) is 4. The number of benzene rings is 2. The first-order valence-corrected chi connectivity index (χ1v) is 10.5. The van der Waals surface area contributed by atoms with E-state index in [4.69, 9.17) is 4.42 Å². The van der Waals surface area contributed by atoms with E-state index in [-0.39, 0.29) is 30.0 Å². The Kier molecular flexibility index (Phi) is 5.71. The topological polar surface area (TPSA) is 62.6 Å². The van der Waals surface area contributed by atoms with Crippen LogP contribution in [0.5, 0.6) is 0 Å². The SMILES string of the molecule is CCc1ccc(NC(=O)CN2C(=O)CC(c3ccco3)Sc3ccccc32)cc1. The first-order chi connectivity index (χ1) is 14.1. The second-order valence-electron chi connectivity index (χ2n) is 6.87. The largest absolute Gasteiger partial charge is 0.468 e. The van der Waals surface area contributed by atoms with Gasteiger partial charge in [-0.1, -0.05) is 31.2 Å². The maximum absolute atomic E-state index is 13.0. The monoisotopic (exact) mass is 406 g/mol. The molecule has 4 rings (SSSR count). The van der Waals surface area contributed by atoms with Gasteiger partial charge >= 0.3 is 0 Å². The van der Waals surface area contributed by atoms with Crippen molar-refractivity contribution in [2.45, 2.75) is 29.9 Å². The highest BCUT2D eigenvalue weighted by molar-refractivity contribution is 7.99. The van der Waals surface area contributed by atoms with Crippen molar-refractivity contribution in [2.75, 3.05) is 16.8 Å². The molecule has 2 aromatic carbocycles. The van der Waals surface area contributed by atoms with Gasteiger partial charge in [-0.3, -0.25) is 9.59 Å². The van der Waals surface area contributed by atoms with Crippen molar-refractivity contribution in [3.8, 4) is 0 Å². The van der Waals surface area contributed by atoms with Crippen LogP contribution in [0.15, 0.2) is 76.2 Å². The van der Waals surface area contributed by atoms with E-state index in [9.17, 15) is 9.59 Å². The Morgan fingerprint density at radius 2 is 1.93 bits per heavy atom. The molecule has 0 aliphatic carbocycles. The fourth-order valence-corrected chi connectivity index (χ4v) is 4.59. The third-order valence-corrected chi connectivity index (χ3v) is 6.18. The molecule has 2 amide bonds. The number of anilines is 2. The molecule has 1 atom stereocenters. The minimum atomic E-state index is -0.223. The molecule has 0 saturated carbocycles. The molecule has 6 heteroatoms. The van der Waals surface area contributed by atoms with Gasteiger partial charge in [0.05, 0.1) is 17.2 Å². The highest BCUT2D eigenvalue weighted by atomic mass is 32.2. The van der Waals surface area contributed by atoms with Crippen molar-refractivity contribution in [1.29, 1.82) is 0 Å². The van der Waals surface area contributed by atoms with E-state index in [1.165, 1.54) is 5.56 Å². The summed E-state index contributed by atoms with van der Waals surface area (Å²) in [4.78, 5) is 28.3. The van der Waals surface area contributed by atoms with Crippen LogP contribution in [0.2, 0.25) is 0 Å². The van der Waals surface area contributed by atoms with Crippen molar-refractivity contribution in [1.82, 2.24) is 0 Å². The Morgan fingerprint density at radius 3 is 2.66 bits per heavy atom. The Hall–Kier alpha value is -2.99. The van der Waals surface area contributed by atoms with Crippen molar-refractivity contribution in [2.24, 2.45) is 0 Å². The van der Waals surface area contributed by atoms with Gasteiger partial charge in [0.1, 0.15) is 12.3 Å². The van der Waals surface area contributed by atoms with Crippen LogP contribution in [0.3, 0.4) is 0 Å². The number of furan rings is 1. The standard InChI is InChI=1S/C23H22N2O3S/c1-2-16-9-11-17(12-10-16)24-22(26)15-25-18-6-3-4-8-20(18)29-21(14-23(25)27)19-7-5-13-28-19/h3-13,21H,2,14-15H2,1H3,(H,24,26). The number of para-hydroxylation sites is 1. The molecule has 2 heterocycles. The van der Waals surface area contributed by atoms with E-state index in [0.29, 0.717) is 0 Å². The first-order valence-electron chi connectivity index (χ1n) is 9.62. The van der Waals surface area contributed by atoms with Gasteiger partial charge in [0.25, 0.3) is 0 Å². The Labute approximate surface area is 174 Å². The Balaban J connectivity index is 1.54. The van der Waals surface area contributed by atoms with Crippen LogP contribution in [-0.2, 0) is 16.0 Å². The summed E-state index contributed by atoms with van der Waals surface area (Å²) in [6, 6.07) is 19.1. The molecule has 148 valence electrons. The number of amides is 2. The smallest absolute Gasteiger partial charge is 0.244 e. The summed E-state index contributed by atoms with van der Waals surface area (Å²) in [5.74, 6) is 0.444. The number of nitrogens with one attached hydrogen (secondary N) is 1. The van der Waals surface area contributed by atoms with Crippen molar-refractivity contribution in [3.05, 3.63) is 78.3 Å². The van der Waals surface area contributed by atoms with Crippen molar-refractivity contribution >= 4 is 35.0 Å². The summed E-state index contributed by atoms with van der Waals surface area (Å²) in [5, 5.41) is 2.78. The van der Waals surface area contributed by atoms with Gasteiger partial charge in [0.15, 0.2) is 0 Å². The van der Waals surface area contributed by atoms with E-state index in [2.05, 4.69) is 12.2 Å². The van der Waals surface area contributed by atoms with Gasteiger partial charge in [-0.05, 0) is 48.4 Å². The number of hydrogen-bond donors (Lipinski definition) is 1. The van der Waals surface area contributed by atoms with E-state index >= 15 is 0 Å². The molecule has 1 aliphatic rings. The van der Waals surface area contributed by atoms with E-state index in [0.717, 1.165) is 28.5 Å². The zero-order valence-corrected chi connectivity index (χ0v) is 16.9. The molecule has 1 aliphatic heterocycles. The number of nitrogens with zero attached hydrogens (tertiary/aromatic N) is 1. The molecule has 0 radical (unpaired) electrons. The summed E-state index contributed by atoms with van der Waals surface area (Å²) in [6.07, 6.45) is 2.83. The van der Waals surface area contributed by atoms with Crippen molar-refractivity contribution < 1.29 is 14.0 Å². The third-order valence-electron chi connectivity index (χ3n) is 4.89. The maximum Gasteiger partial charge on any atom is 0.244 e. The zero-order valence-electron chi connectivity index (χ0n) is 16.1. The molecule has 5 nitrogen and oxygen atoms in total. The van der Waals surface area contributed by atoms with Gasteiger partial charge in [-0.2, -0.15) is 0 Å². The van der Waals surface area contributed by atoms with E-state index in [1.807, 2.05) is 60.7 Å². The predicted molar refractivity (Wildman–Crippen MR) is 115 cm³/mol. The van der Waals surface area contributed by atoms with Crippen LogP contribution < -0.4 is 10.2 Å². The fourth-order valence-electron chi connectivity index (χ4n) is 3.35. The lowest BCUT2D eigenvalue weighted by atomic mass is 10.1. The number of carbonyl (C=O) groups is 2. The highest BCUT2D eigenvalue weighted by Crippen LogP contribution is 2.45. The number of carbonyl (C=O) groups excluding carboxylic acids is 2. The van der Waals surface area contributed by atoms with Crippen LogP contribution in [0, 0.1) is 0 Å². The Bertz CT molecular complexity index is 999. The first kappa shape index (κ1) is 19.3. The highest BCUT2D eigenvalue weighted by Gasteiger charge is 2.31. The minimum absolute atomic E-state index is 0.0309. The average molecular weight is 407 g/mol. The lowest BCUT2D eigenvalue weighted by Gasteiger charge is -2.22. The predicted octanol–water partition coefficient (Wildman–Crippen LogP) is 5.05. The summed E-state index contributed by atoms with van der Waals surface area (Å²) < 4.78 is 5.54. The summed E-state index contributed by atoms with van der Waals surface area (Å²) in [6.45, 7) is 2.06. The summed E-state index contributed by atoms with van der Waals surface area (Å²) >= 11 is 1.59. The molecule has 1 unspecified atom stereocenters. The van der Waals surface area contributed by atoms with E-state index in [1.54, 1.807) is 22.9 Å². The number of fused-ring (bicyclic) bond motifs is 1. The van der Waals surface area contributed by atoms with Crippen LogP contribution in [0.25, 0.3) is 0 Å². The molecular weight excluding hydrogens is 384 g/mol. The lowest BCUT2D eigenvalue weighted by Crippen LogP contribution is -2.38.